The molecule has 3 rings (SSSR count). The van der Waals surface area contributed by atoms with Crippen molar-refractivity contribution in [3.63, 3.8) is 0 Å². The van der Waals surface area contributed by atoms with Crippen molar-refractivity contribution in [2.75, 3.05) is 13.7 Å². The summed E-state index contributed by atoms with van der Waals surface area (Å²) in [6.07, 6.45) is 23.3. The van der Waals surface area contributed by atoms with E-state index in [2.05, 4.69) is 12.2 Å². The summed E-state index contributed by atoms with van der Waals surface area (Å²) in [6, 6.07) is 0. The Morgan fingerprint density at radius 1 is 0.973 bits per heavy atom. The third kappa shape index (κ3) is 13.8. The zero-order chi connectivity index (χ0) is 26.9. The Hall–Kier alpha value is -1.44. The average Bonchev–Trinajstić information content (AvgIpc) is 3.26. The zero-order valence-corrected chi connectivity index (χ0v) is 23.3. The second kappa shape index (κ2) is 18.8. The molecule has 0 aromatic rings. The standard InChI is InChI=1S/C28H48O5.C2H4O2/c1-31-27(30)14-8-3-2-7-13-25-23(16-18-24(29)21-22-11-5-4-6-12-22)17-19-26(25)33-28-15-9-10-20-32-28;1-2(3)4/h16,18,22-26,28-29H,2-15,17,19-21H2,1H3;1H3,(H,3,4)/b18-16+;. The minimum absolute atomic E-state index is 0.0362. The summed E-state index contributed by atoms with van der Waals surface area (Å²) in [5.74, 6) is 0.731. The number of hydrogen-bond acceptors (Lipinski definition) is 6. The Balaban J connectivity index is 0.00000112. The number of rotatable bonds is 13. The van der Waals surface area contributed by atoms with Crippen LogP contribution in [0.15, 0.2) is 12.2 Å². The molecule has 0 aromatic heterocycles. The summed E-state index contributed by atoms with van der Waals surface area (Å²) in [7, 11) is 1.46. The van der Waals surface area contributed by atoms with Crippen molar-refractivity contribution < 1.29 is 34.0 Å². The molecule has 0 spiro atoms. The number of esters is 1. The van der Waals surface area contributed by atoms with E-state index in [1.54, 1.807) is 0 Å². The van der Waals surface area contributed by atoms with E-state index in [1.165, 1.54) is 45.6 Å². The molecule has 37 heavy (non-hydrogen) atoms. The maximum absolute atomic E-state index is 11.3. The quantitative estimate of drug-likeness (QED) is 0.163. The average molecular weight is 525 g/mol. The fourth-order valence-electron chi connectivity index (χ4n) is 6.10. The minimum Gasteiger partial charge on any atom is -0.481 e. The van der Waals surface area contributed by atoms with Gasteiger partial charge in [0.05, 0.1) is 19.3 Å². The van der Waals surface area contributed by atoms with E-state index in [9.17, 15) is 9.90 Å². The van der Waals surface area contributed by atoms with Crippen LogP contribution in [-0.2, 0) is 23.8 Å². The molecule has 1 saturated heterocycles. The highest BCUT2D eigenvalue weighted by Crippen LogP contribution is 2.40. The number of methoxy groups -OCH3 is 1. The Labute approximate surface area is 224 Å². The highest BCUT2D eigenvalue weighted by molar-refractivity contribution is 5.68. The van der Waals surface area contributed by atoms with Crippen LogP contribution in [0.2, 0.25) is 0 Å². The first-order valence-electron chi connectivity index (χ1n) is 14.8. The number of aliphatic hydroxyl groups is 1. The number of unbranched alkanes of at least 4 members (excludes halogenated alkanes) is 3. The first-order chi connectivity index (χ1) is 17.9. The van der Waals surface area contributed by atoms with E-state index in [0.717, 1.165) is 77.7 Å². The summed E-state index contributed by atoms with van der Waals surface area (Å²) in [6.45, 7) is 1.90. The predicted octanol–water partition coefficient (Wildman–Crippen LogP) is 6.42. The van der Waals surface area contributed by atoms with E-state index < -0.39 is 5.97 Å². The van der Waals surface area contributed by atoms with Gasteiger partial charge >= 0.3 is 5.97 Å². The van der Waals surface area contributed by atoms with Crippen molar-refractivity contribution in [2.24, 2.45) is 17.8 Å². The van der Waals surface area contributed by atoms with Gasteiger partial charge in [0, 0.05) is 20.0 Å². The molecule has 7 heteroatoms. The number of carbonyl (C=O) groups is 2. The Bertz CT molecular complexity index is 648. The van der Waals surface area contributed by atoms with Crippen molar-refractivity contribution in [3.05, 3.63) is 12.2 Å². The third-order valence-electron chi connectivity index (χ3n) is 8.05. The molecule has 2 N–H and O–H groups in total. The van der Waals surface area contributed by atoms with Gasteiger partial charge in [-0.25, -0.2) is 0 Å². The lowest BCUT2D eigenvalue weighted by Gasteiger charge is -2.30. The van der Waals surface area contributed by atoms with Gasteiger partial charge in [-0.15, -0.1) is 0 Å². The smallest absolute Gasteiger partial charge is 0.305 e. The maximum Gasteiger partial charge on any atom is 0.305 e. The van der Waals surface area contributed by atoms with E-state index in [4.69, 9.17) is 24.1 Å². The first kappa shape index (κ1) is 31.8. The summed E-state index contributed by atoms with van der Waals surface area (Å²) >= 11 is 0. The lowest BCUT2D eigenvalue weighted by molar-refractivity contribution is -0.195. The molecular formula is C30H52O7. The lowest BCUT2D eigenvalue weighted by atomic mass is 9.84. The Morgan fingerprint density at radius 3 is 2.35 bits per heavy atom. The molecule has 1 heterocycles. The number of carboxylic acids is 1. The van der Waals surface area contributed by atoms with Gasteiger partial charge in [-0.3, -0.25) is 9.59 Å². The molecule has 0 aromatic carbocycles. The van der Waals surface area contributed by atoms with E-state index in [-0.39, 0.29) is 24.5 Å². The number of aliphatic hydroxyl groups excluding tert-OH is 1. The predicted molar refractivity (Wildman–Crippen MR) is 144 cm³/mol. The van der Waals surface area contributed by atoms with Crippen LogP contribution in [0.25, 0.3) is 0 Å². The lowest BCUT2D eigenvalue weighted by Crippen LogP contribution is -2.31. The molecule has 5 unspecified atom stereocenters. The molecule has 3 aliphatic rings. The third-order valence-corrected chi connectivity index (χ3v) is 8.05. The molecule has 2 saturated carbocycles. The van der Waals surface area contributed by atoms with E-state index in [0.29, 0.717) is 24.2 Å². The van der Waals surface area contributed by atoms with Gasteiger partial charge in [0.2, 0.25) is 0 Å². The fraction of sp³-hybridized carbons (Fsp3) is 0.867. The van der Waals surface area contributed by atoms with Gasteiger partial charge in [-0.05, 0) is 69.1 Å². The number of aliphatic carboxylic acids is 1. The Morgan fingerprint density at radius 2 is 1.68 bits per heavy atom. The van der Waals surface area contributed by atoms with Crippen LogP contribution in [0.3, 0.4) is 0 Å². The van der Waals surface area contributed by atoms with Crippen molar-refractivity contribution >= 4 is 11.9 Å². The molecule has 1 aliphatic heterocycles. The van der Waals surface area contributed by atoms with Gasteiger partial charge in [0.15, 0.2) is 6.29 Å². The SMILES string of the molecule is CC(=O)O.COC(=O)CCCCCCC1C(/C=C/C(O)CC2CCCCC2)CCC1OC1CCCCO1. The van der Waals surface area contributed by atoms with E-state index >= 15 is 0 Å². The Kier molecular flexibility index (Phi) is 16.1. The normalized spacial score (nSPS) is 27.4. The van der Waals surface area contributed by atoms with Crippen LogP contribution in [0.4, 0.5) is 0 Å². The fourth-order valence-corrected chi connectivity index (χ4v) is 6.10. The van der Waals surface area contributed by atoms with Crippen molar-refractivity contribution in [1.29, 1.82) is 0 Å². The number of carboxylic acid groups (broad SMARTS) is 1. The summed E-state index contributed by atoms with van der Waals surface area (Å²) < 4.78 is 17.1. The van der Waals surface area contributed by atoms with Crippen LogP contribution in [0.5, 0.6) is 0 Å². The van der Waals surface area contributed by atoms with Gasteiger partial charge in [0.1, 0.15) is 0 Å². The molecule has 214 valence electrons. The van der Waals surface area contributed by atoms with Crippen LogP contribution in [0, 0.1) is 17.8 Å². The number of carbonyl (C=O) groups excluding carboxylic acids is 1. The number of ether oxygens (including phenoxy) is 3. The van der Waals surface area contributed by atoms with Gasteiger partial charge in [-0.1, -0.05) is 63.5 Å². The topological polar surface area (TPSA) is 102 Å². The molecule has 0 radical (unpaired) electrons. The highest BCUT2D eigenvalue weighted by atomic mass is 16.7. The highest BCUT2D eigenvalue weighted by Gasteiger charge is 2.37. The van der Waals surface area contributed by atoms with Crippen LogP contribution < -0.4 is 0 Å². The second-order valence-electron chi connectivity index (χ2n) is 11.1. The van der Waals surface area contributed by atoms with Gasteiger partial charge in [0.25, 0.3) is 5.97 Å². The number of allylic oxidation sites excluding steroid dienone is 1. The molecule has 3 fully saturated rings. The summed E-state index contributed by atoms with van der Waals surface area (Å²) in [5.41, 5.74) is 0. The first-order valence-corrected chi connectivity index (χ1v) is 14.8. The largest absolute Gasteiger partial charge is 0.481 e. The zero-order valence-electron chi connectivity index (χ0n) is 23.3. The molecule has 2 aliphatic carbocycles. The second-order valence-corrected chi connectivity index (χ2v) is 11.1. The monoisotopic (exact) mass is 524 g/mol. The van der Waals surface area contributed by atoms with Crippen molar-refractivity contribution in [1.82, 2.24) is 0 Å². The molecule has 7 nitrogen and oxygen atoms in total. The number of hydrogen-bond donors (Lipinski definition) is 2. The van der Waals surface area contributed by atoms with Crippen molar-refractivity contribution in [3.8, 4) is 0 Å². The molecule has 0 amide bonds. The van der Waals surface area contributed by atoms with Crippen LogP contribution in [0.1, 0.15) is 116 Å². The molecular weight excluding hydrogens is 472 g/mol. The molecule has 0 bridgehead atoms. The summed E-state index contributed by atoms with van der Waals surface area (Å²) in [4.78, 5) is 20.3. The van der Waals surface area contributed by atoms with Gasteiger partial charge < -0.3 is 24.4 Å². The summed E-state index contributed by atoms with van der Waals surface area (Å²) in [5, 5.41) is 18.1. The minimum atomic E-state index is -0.833. The maximum atomic E-state index is 11.3. The molecule has 5 atom stereocenters. The van der Waals surface area contributed by atoms with Crippen LogP contribution in [-0.4, -0.2) is 54.4 Å². The van der Waals surface area contributed by atoms with Gasteiger partial charge in [-0.2, -0.15) is 0 Å². The van der Waals surface area contributed by atoms with Crippen LogP contribution >= 0.6 is 0 Å². The van der Waals surface area contributed by atoms with E-state index in [1.807, 2.05) is 0 Å². The van der Waals surface area contributed by atoms with Crippen molar-refractivity contribution in [2.45, 2.75) is 135 Å².